The smallest absolute Gasteiger partial charge is 0.336 e. The van der Waals surface area contributed by atoms with Crippen LogP contribution in [0, 0.1) is 35.2 Å². The predicted molar refractivity (Wildman–Crippen MR) is 423 cm³/mol. The summed E-state index contributed by atoms with van der Waals surface area (Å²) in [5, 5.41) is 50.9. The van der Waals surface area contributed by atoms with Crippen molar-refractivity contribution in [2.24, 2.45) is 17.8 Å². The molecule has 1 unspecified atom stereocenters. The molecule has 2 saturated heterocycles. The lowest BCUT2D eigenvalue weighted by atomic mass is 9.71. The molecule has 1 saturated carbocycles. The van der Waals surface area contributed by atoms with Crippen LogP contribution in [0.15, 0.2) is 158 Å². The Morgan fingerprint density at radius 3 is 1.26 bits per heavy atom. The number of hydrogen-bond acceptors (Lipinski definition) is 13. The minimum atomic E-state index is -1.57. The fourth-order valence-corrected chi connectivity index (χ4v) is 17.8. The molecule has 24 heteroatoms. The van der Waals surface area contributed by atoms with E-state index in [1.165, 1.54) is 73.6 Å². The number of likely N-dealkylation sites (tertiary alicyclic amines) is 1. The number of aliphatic hydroxyl groups is 3. The summed E-state index contributed by atoms with van der Waals surface area (Å²) in [5.74, 6) is -5.65. The molecule has 13 rings (SSSR count). The van der Waals surface area contributed by atoms with Crippen LogP contribution in [0.5, 0.6) is 0 Å². The number of rotatable bonds is 23. The number of carbonyl (C=O) groups is 5. The van der Waals surface area contributed by atoms with Gasteiger partial charge in [-0.1, -0.05) is 147 Å². The maximum absolute atomic E-state index is 16.6. The number of benzene rings is 8. The molecule has 0 spiro atoms. The van der Waals surface area contributed by atoms with E-state index in [-0.39, 0.29) is 76.1 Å². The number of ketones is 1. The van der Waals surface area contributed by atoms with E-state index in [1.54, 1.807) is 91.9 Å². The van der Waals surface area contributed by atoms with E-state index < -0.39 is 74.5 Å². The summed E-state index contributed by atoms with van der Waals surface area (Å²) in [6.45, 7) is 9.39. The number of aromatic carboxylic acids is 1. The van der Waals surface area contributed by atoms with Crippen LogP contribution in [0.2, 0.25) is 25.1 Å². The standard InChI is InChI=1S/C34H37Cl2FN2O5.C30H31Cl2FN2O3.C23H24ClFO4/c1-4-33(42,23-13-16-38(17-14-23)18-15-30(40)43-2)25-19-28-31(29(37)20-25)34(44-3,24-7-11-27(36)12-8-24)39(32(28)41)21-22-5-9-26(35)10-6-22;1-3-29(37,20-12-14-34-15-13-20)22-16-25-27(26(33)17-22)30(38-2,21-6-10-24(32)11-7-21)35(28(25)36)18-19-4-8-23(31)9-5-19;1-2-23(29,15-6-4-3-5-7-15)16-12-18(22(27)28)20(19(25)13-16)21(26)14-8-10-17(24)11-9-14/h5-12,19-20,23,42H,4,13-18,21H2,1-3H3;4-11,16-17,20,34,37H,3,12-15,18H2,1-2H3;8-13,15,29H,2-7H2,1H3,(H,27,28)/t33-,34+;29-,30?;23-/m000/s1. The summed E-state index contributed by atoms with van der Waals surface area (Å²) in [7, 11) is 4.30. The lowest BCUT2D eigenvalue weighted by molar-refractivity contribution is -0.141. The average molecular weight is 1620 g/mol. The van der Waals surface area contributed by atoms with Gasteiger partial charge in [-0.25, -0.2) is 18.0 Å². The highest BCUT2D eigenvalue weighted by atomic mass is 35.5. The van der Waals surface area contributed by atoms with Crippen LogP contribution in [0.1, 0.15) is 201 Å². The van der Waals surface area contributed by atoms with Gasteiger partial charge in [-0.3, -0.25) is 29.0 Å². The Labute approximate surface area is 670 Å². The number of carboxylic acids is 1. The number of esters is 1. The van der Waals surface area contributed by atoms with Crippen molar-refractivity contribution in [2.45, 2.75) is 146 Å². The monoisotopic (exact) mass is 1620 g/mol. The molecule has 16 nitrogen and oxygen atoms in total. The molecule has 8 aromatic rings. The number of piperidine rings is 2. The summed E-state index contributed by atoms with van der Waals surface area (Å²) >= 11 is 30.4. The molecule has 4 heterocycles. The lowest BCUT2D eigenvalue weighted by Crippen LogP contribution is -2.46. The van der Waals surface area contributed by atoms with Crippen LogP contribution in [0.25, 0.3) is 0 Å². The predicted octanol–water partition coefficient (Wildman–Crippen LogP) is 18.3. The summed E-state index contributed by atoms with van der Waals surface area (Å²) in [4.78, 5) is 69.9. The number of carboxylic acid groups (broad SMARTS) is 1. The first-order valence-electron chi connectivity index (χ1n) is 37.6. The van der Waals surface area contributed by atoms with E-state index >= 15 is 13.2 Å². The molecule has 5 N–H and O–H groups in total. The molecular formula is C87H92Cl5F3N4O12. The second-order valence-corrected chi connectivity index (χ2v) is 31.3. The zero-order chi connectivity index (χ0) is 79.9. The van der Waals surface area contributed by atoms with Gasteiger partial charge in [-0.15, -0.1) is 0 Å². The SMILES string of the molecule is CC[C@@](O)(c1cc(F)c(C(=O)c2ccc(Cl)cc2)c(C(=O)O)c1)C1CCCCC1.CC[C@@](O)(c1cc(F)c2c(c1)C(=O)N(Cc1ccc(Cl)cc1)C2(OC)c1ccc(Cl)cc1)C1CCNCC1.CC[C@@](O)(c1cc(F)c2c(c1)C(=O)N(Cc1ccc(Cl)cc1)[C@@]2(OC)c1ccc(Cl)cc1)C1CCN(CCC(=O)OC)CC1. The molecular weight excluding hydrogens is 1530 g/mol. The third-order valence-corrected chi connectivity index (χ3v) is 24.6. The molecule has 5 aliphatic rings. The molecule has 8 aromatic carbocycles. The van der Waals surface area contributed by atoms with Crippen molar-refractivity contribution in [2.75, 3.05) is 54.1 Å². The van der Waals surface area contributed by atoms with Crippen molar-refractivity contribution in [3.05, 3.63) is 278 Å². The Kier molecular flexibility index (Phi) is 27.1. The Balaban J connectivity index is 0.000000168. The van der Waals surface area contributed by atoms with Crippen molar-refractivity contribution in [3.63, 3.8) is 0 Å². The fourth-order valence-electron chi connectivity index (χ4n) is 17.2. The third kappa shape index (κ3) is 17.0. The molecule has 111 heavy (non-hydrogen) atoms. The van der Waals surface area contributed by atoms with Gasteiger partial charge in [0.1, 0.15) is 17.5 Å². The number of ether oxygens (including phenoxy) is 3. The third-order valence-electron chi connectivity index (χ3n) is 23.3. The number of carbonyl (C=O) groups excluding carboxylic acids is 4. The average Bonchev–Trinajstić information content (AvgIpc) is 1.56. The number of fused-ring (bicyclic) bond motifs is 2. The second-order valence-electron chi connectivity index (χ2n) is 29.2. The summed E-state index contributed by atoms with van der Waals surface area (Å²) in [6.07, 6.45) is 8.92. The highest BCUT2D eigenvalue weighted by Crippen LogP contribution is 2.53. The molecule has 2 amide bonds. The van der Waals surface area contributed by atoms with Gasteiger partial charge in [0.15, 0.2) is 17.2 Å². The Morgan fingerprint density at radius 1 is 0.505 bits per heavy atom. The van der Waals surface area contributed by atoms with Crippen LogP contribution >= 0.6 is 58.0 Å². The van der Waals surface area contributed by atoms with Gasteiger partial charge in [-0.05, 0) is 239 Å². The summed E-state index contributed by atoms with van der Waals surface area (Å²) in [5.41, 5.74) is -3.57. The summed E-state index contributed by atoms with van der Waals surface area (Å²) in [6, 6.07) is 42.2. The second kappa shape index (κ2) is 35.8. The van der Waals surface area contributed by atoms with E-state index in [4.69, 9.17) is 72.2 Å². The van der Waals surface area contributed by atoms with E-state index in [1.807, 2.05) is 38.1 Å². The van der Waals surface area contributed by atoms with Crippen LogP contribution in [0.4, 0.5) is 13.2 Å². The Hall–Kier alpha value is -7.73. The van der Waals surface area contributed by atoms with E-state index in [2.05, 4.69) is 10.2 Å². The van der Waals surface area contributed by atoms with Crippen LogP contribution < -0.4 is 5.32 Å². The number of amides is 2. The zero-order valence-corrected chi connectivity index (χ0v) is 66.6. The number of nitrogens with zero attached hydrogens (tertiary/aromatic N) is 3. The van der Waals surface area contributed by atoms with Gasteiger partial charge >= 0.3 is 11.9 Å². The molecule has 0 bridgehead atoms. The van der Waals surface area contributed by atoms with Gasteiger partial charge in [-0.2, -0.15) is 0 Å². The lowest BCUT2D eigenvalue weighted by Gasteiger charge is -2.42. The van der Waals surface area contributed by atoms with Gasteiger partial charge < -0.3 is 44.9 Å². The molecule has 5 atom stereocenters. The number of hydrogen-bond donors (Lipinski definition) is 5. The van der Waals surface area contributed by atoms with Crippen molar-refractivity contribution >= 4 is 87.5 Å². The number of nitrogens with one attached hydrogen (secondary N) is 1. The highest BCUT2D eigenvalue weighted by molar-refractivity contribution is 6.32. The molecule has 588 valence electrons. The summed E-state index contributed by atoms with van der Waals surface area (Å²) < 4.78 is 65.0. The maximum atomic E-state index is 16.6. The van der Waals surface area contributed by atoms with Crippen LogP contribution in [-0.2, 0) is 60.3 Å². The minimum Gasteiger partial charge on any atom is -0.478 e. The first kappa shape index (κ1) is 84.2. The highest BCUT2D eigenvalue weighted by Gasteiger charge is 2.57. The van der Waals surface area contributed by atoms with E-state index in [9.17, 15) is 44.4 Å². The maximum Gasteiger partial charge on any atom is 0.336 e. The van der Waals surface area contributed by atoms with E-state index in [0.29, 0.717) is 106 Å². The van der Waals surface area contributed by atoms with Crippen molar-refractivity contribution in [1.82, 2.24) is 20.0 Å². The van der Waals surface area contributed by atoms with Gasteiger partial charge in [0.25, 0.3) is 11.8 Å². The van der Waals surface area contributed by atoms with Gasteiger partial charge in [0.2, 0.25) is 0 Å². The topological polar surface area (TPSA) is 216 Å². The fraction of sp³-hybridized carbons (Fsp3) is 0.391. The molecule has 0 radical (unpaired) electrons. The number of methoxy groups -OCH3 is 3. The Bertz CT molecular complexity index is 4680. The van der Waals surface area contributed by atoms with Crippen LogP contribution in [0.3, 0.4) is 0 Å². The Morgan fingerprint density at radius 2 is 0.874 bits per heavy atom. The molecule has 1 aliphatic carbocycles. The quantitative estimate of drug-likeness (QED) is 0.0298. The van der Waals surface area contributed by atoms with Crippen molar-refractivity contribution in [1.29, 1.82) is 0 Å². The van der Waals surface area contributed by atoms with Crippen LogP contribution in [-0.4, -0.2) is 119 Å². The van der Waals surface area contributed by atoms with Gasteiger partial charge in [0.05, 0.1) is 63.7 Å². The van der Waals surface area contributed by atoms with Crippen molar-refractivity contribution < 1.29 is 71.8 Å². The molecule has 3 fully saturated rings. The molecule has 4 aliphatic heterocycles. The first-order chi connectivity index (χ1) is 53.1. The normalized spacial score (nSPS) is 19.9. The minimum absolute atomic E-state index is 0.0451. The van der Waals surface area contributed by atoms with Gasteiger partial charge in [0, 0.05) is 75.7 Å². The molecule has 0 aromatic heterocycles. The number of halogens is 8. The zero-order valence-electron chi connectivity index (χ0n) is 62.8. The van der Waals surface area contributed by atoms with Crippen molar-refractivity contribution in [3.8, 4) is 0 Å². The van der Waals surface area contributed by atoms with E-state index in [0.717, 1.165) is 75.2 Å². The largest absolute Gasteiger partial charge is 0.478 e. The first-order valence-corrected chi connectivity index (χ1v) is 39.5.